The molecule has 0 amide bonds. The molecule has 0 aliphatic carbocycles. The van der Waals surface area contributed by atoms with Gasteiger partial charge >= 0.3 is 0 Å². The molecule has 0 atom stereocenters. The van der Waals surface area contributed by atoms with Crippen molar-refractivity contribution in [3.63, 3.8) is 0 Å². The molecule has 1 N–H and O–H groups in total. The molecule has 4 aromatic rings. The Morgan fingerprint density at radius 2 is 2.00 bits per heavy atom. The lowest BCUT2D eigenvalue weighted by atomic mass is 10.2. The lowest BCUT2D eigenvalue weighted by molar-refractivity contribution is 0.479. The van der Waals surface area contributed by atoms with Gasteiger partial charge in [-0.2, -0.15) is 5.10 Å². The first-order valence-electron chi connectivity index (χ1n) is 7.82. The van der Waals surface area contributed by atoms with Crippen LogP contribution in [0.2, 0.25) is 10.0 Å². The second kappa shape index (κ2) is 7.41. The summed E-state index contributed by atoms with van der Waals surface area (Å²) in [5, 5.41) is 12.2. The van der Waals surface area contributed by atoms with Crippen molar-refractivity contribution in [2.45, 2.75) is 4.90 Å². The van der Waals surface area contributed by atoms with E-state index in [1.165, 1.54) is 5.51 Å². The molecule has 0 bridgehead atoms. The van der Waals surface area contributed by atoms with Crippen LogP contribution in [0, 0.1) is 5.82 Å². The predicted octanol–water partition coefficient (Wildman–Crippen LogP) is 4.46. The monoisotopic (exact) mass is 473 g/mol. The van der Waals surface area contributed by atoms with Crippen LogP contribution in [0.4, 0.5) is 9.52 Å². The highest BCUT2D eigenvalue weighted by molar-refractivity contribution is 7.93. The summed E-state index contributed by atoms with van der Waals surface area (Å²) in [5.74, 6) is -0.772. The van der Waals surface area contributed by atoms with Crippen molar-refractivity contribution in [3.8, 4) is 11.5 Å². The first-order chi connectivity index (χ1) is 13.8. The van der Waals surface area contributed by atoms with E-state index in [4.69, 9.17) is 27.9 Å². The molecule has 2 heterocycles. The maximum atomic E-state index is 14.6. The van der Waals surface area contributed by atoms with Gasteiger partial charge in [-0.1, -0.05) is 34.5 Å². The molecule has 0 radical (unpaired) electrons. The number of sulfonamides is 1. The normalized spacial score (nSPS) is 11.7. The highest BCUT2D eigenvalue weighted by Crippen LogP contribution is 2.38. The predicted molar refractivity (Wildman–Crippen MR) is 108 cm³/mol. The number of halogens is 3. The second-order valence-electron chi connectivity index (χ2n) is 5.74. The van der Waals surface area contributed by atoms with Crippen molar-refractivity contribution in [1.29, 1.82) is 0 Å². The SMILES string of the molecule is Cn1ncc2c(Oc3cc(F)c(S(=O)(=O)Nc4nncs4)cc3Cl)ccc(Cl)c21. The molecular formula is C16H10Cl2FN5O3S2. The molecule has 29 heavy (non-hydrogen) atoms. The number of anilines is 1. The quantitative estimate of drug-likeness (QED) is 0.459. The molecule has 150 valence electrons. The van der Waals surface area contributed by atoms with Crippen LogP contribution in [-0.4, -0.2) is 28.4 Å². The summed E-state index contributed by atoms with van der Waals surface area (Å²) in [7, 11) is -2.53. The highest BCUT2D eigenvalue weighted by Gasteiger charge is 2.24. The number of ether oxygens (including phenoxy) is 1. The number of hydrogen-bond acceptors (Lipinski definition) is 7. The number of hydrogen-bond donors (Lipinski definition) is 1. The summed E-state index contributed by atoms with van der Waals surface area (Å²) in [6.45, 7) is 0. The van der Waals surface area contributed by atoms with Gasteiger partial charge < -0.3 is 4.74 Å². The van der Waals surface area contributed by atoms with Crippen LogP contribution < -0.4 is 9.46 Å². The minimum absolute atomic E-state index is 0.000910. The van der Waals surface area contributed by atoms with E-state index < -0.39 is 20.7 Å². The molecule has 2 aromatic heterocycles. The van der Waals surface area contributed by atoms with Gasteiger partial charge in [-0.3, -0.25) is 9.40 Å². The Hall–Kier alpha value is -2.47. The van der Waals surface area contributed by atoms with E-state index in [2.05, 4.69) is 20.0 Å². The number of nitrogens with one attached hydrogen (secondary N) is 1. The molecule has 0 saturated heterocycles. The Labute approximate surface area is 177 Å². The molecule has 0 fully saturated rings. The van der Waals surface area contributed by atoms with E-state index in [0.717, 1.165) is 23.5 Å². The minimum atomic E-state index is -4.25. The van der Waals surface area contributed by atoms with Gasteiger partial charge in [0.25, 0.3) is 10.0 Å². The molecule has 0 saturated carbocycles. The lowest BCUT2D eigenvalue weighted by Crippen LogP contribution is -2.14. The summed E-state index contributed by atoms with van der Waals surface area (Å²) < 4.78 is 48.9. The van der Waals surface area contributed by atoms with Crippen molar-refractivity contribution >= 4 is 60.6 Å². The Balaban J connectivity index is 1.71. The maximum absolute atomic E-state index is 14.6. The van der Waals surface area contributed by atoms with E-state index in [9.17, 15) is 12.8 Å². The van der Waals surface area contributed by atoms with E-state index in [-0.39, 0.29) is 15.9 Å². The zero-order valence-corrected chi connectivity index (χ0v) is 17.6. The second-order valence-corrected chi connectivity index (χ2v) is 9.04. The Morgan fingerprint density at radius 3 is 2.72 bits per heavy atom. The van der Waals surface area contributed by atoms with Crippen LogP contribution in [0.1, 0.15) is 0 Å². The van der Waals surface area contributed by atoms with Crippen LogP contribution in [-0.2, 0) is 17.1 Å². The molecule has 0 spiro atoms. The topological polar surface area (TPSA) is 99.0 Å². The summed E-state index contributed by atoms with van der Waals surface area (Å²) >= 11 is 13.3. The molecule has 0 unspecified atom stereocenters. The van der Waals surface area contributed by atoms with Crippen molar-refractivity contribution in [2.75, 3.05) is 4.72 Å². The van der Waals surface area contributed by atoms with Crippen molar-refractivity contribution in [2.24, 2.45) is 7.05 Å². The van der Waals surface area contributed by atoms with Gasteiger partial charge in [0.1, 0.15) is 27.7 Å². The third-order valence-electron chi connectivity index (χ3n) is 3.89. The van der Waals surface area contributed by atoms with Crippen molar-refractivity contribution in [1.82, 2.24) is 20.0 Å². The fourth-order valence-corrected chi connectivity index (χ4v) is 4.94. The third kappa shape index (κ3) is 3.73. The molecular weight excluding hydrogens is 464 g/mol. The van der Waals surface area contributed by atoms with Gasteiger partial charge in [-0.25, -0.2) is 12.8 Å². The molecule has 4 rings (SSSR count). The van der Waals surface area contributed by atoms with Crippen LogP contribution in [0.5, 0.6) is 11.5 Å². The van der Waals surface area contributed by atoms with Gasteiger partial charge in [0, 0.05) is 13.1 Å². The molecule has 8 nitrogen and oxygen atoms in total. The average molecular weight is 474 g/mol. The fraction of sp³-hybridized carbons (Fsp3) is 0.0625. The van der Waals surface area contributed by atoms with Gasteiger partial charge in [0.15, 0.2) is 0 Å². The summed E-state index contributed by atoms with van der Waals surface area (Å²) in [6, 6.07) is 5.05. The lowest BCUT2D eigenvalue weighted by Gasteiger charge is -2.12. The fourth-order valence-electron chi connectivity index (χ4n) is 2.61. The number of aryl methyl sites for hydroxylation is 1. The molecule has 2 aromatic carbocycles. The van der Waals surface area contributed by atoms with E-state index >= 15 is 0 Å². The first kappa shape index (κ1) is 19.8. The van der Waals surface area contributed by atoms with Crippen molar-refractivity contribution in [3.05, 3.63) is 51.8 Å². The molecule has 13 heteroatoms. The number of nitrogens with zero attached hydrogens (tertiary/aromatic N) is 4. The Bertz CT molecular complexity index is 1330. The highest BCUT2D eigenvalue weighted by atomic mass is 35.5. The average Bonchev–Trinajstić information content (AvgIpc) is 3.30. The summed E-state index contributed by atoms with van der Waals surface area (Å²) in [6.07, 6.45) is 1.55. The van der Waals surface area contributed by atoms with Gasteiger partial charge in [-0.15, -0.1) is 10.2 Å². The maximum Gasteiger partial charge on any atom is 0.266 e. The van der Waals surface area contributed by atoms with Crippen molar-refractivity contribution < 1.29 is 17.5 Å². The number of rotatable bonds is 5. The van der Waals surface area contributed by atoms with Crippen LogP contribution in [0.15, 0.2) is 40.9 Å². The van der Waals surface area contributed by atoms with Gasteiger partial charge in [-0.05, 0) is 18.2 Å². The van der Waals surface area contributed by atoms with Gasteiger partial charge in [0.05, 0.1) is 27.1 Å². The zero-order valence-electron chi connectivity index (χ0n) is 14.4. The summed E-state index contributed by atoms with van der Waals surface area (Å²) in [5.41, 5.74) is 1.96. The first-order valence-corrected chi connectivity index (χ1v) is 10.9. The number of aromatic nitrogens is 4. The summed E-state index contributed by atoms with van der Waals surface area (Å²) in [4.78, 5) is -0.646. The Morgan fingerprint density at radius 1 is 1.21 bits per heavy atom. The smallest absolute Gasteiger partial charge is 0.266 e. The zero-order chi connectivity index (χ0) is 20.8. The largest absolute Gasteiger partial charge is 0.455 e. The van der Waals surface area contributed by atoms with Gasteiger partial charge in [0.2, 0.25) is 5.13 Å². The standard InChI is InChI=1S/C16H10Cl2FN5O3S2/c1-24-15-8(6-21-24)12(3-2-9(15)17)27-13-5-11(19)14(4-10(13)18)29(25,26)23-16-22-20-7-28-16/h2-7H,1H3,(H,22,23). The Kier molecular flexibility index (Phi) is 5.07. The number of fused-ring (bicyclic) bond motifs is 1. The molecule has 0 aliphatic heterocycles. The number of benzene rings is 2. The van der Waals surface area contributed by atoms with Crippen LogP contribution in [0.3, 0.4) is 0 Å². The van der Waals surface area contributed by atoms with Crippen LogP contribution >= 0.6 is 34.5 Å². The van der Waals surface area contributed by atoms with E-state index in [0.29, 0.717) is 21.7 Å². The van der Waals surface area contributed by atoms with E-state index in [1.807, 2.05) is 0 Å². The minimum Gasteiger partial charge on any atom is -0.455 e. The third-order valence-corrected chi connectivity index (χ3v) is 6.58. The molecule has 0 aliphatic rings. The van der Waals surface area contributed by atoms with E-state index in [1.54, 1.807) is 30.1 Å². The van der Waals surface area contributed by atoms with Crippen LogP contribution in [0.25, 0.3) is 10.9 Å².